The Morgan fingerprint density at radius 1 is 1.59 bits per heavy atom. The Morgan fingerprint density at radius 3 is 2.82 bits per heavy atom. The van der Waals surface area contributed by atoms with Gasteiger partial charge in [-0.2, -0.15) is 0 Å². The number of imidazole rings is 1. The van der Waals surface area contributed by atoms with Gasteiger partial charge in [-0.25, -0.2) is 4.98 Å². The van der Waals surface area contributed by atoms with Gasteiger partial charge in [0.15, 0.2) is 0 Å². The highest BCUT2D eigenvalue weighted by Gasteiger charge is 2.24. The third-order valence-corrected chi connectivity index (χ3v) is 2.65. The smallest absolute Gasteiger partial charge is 0.304 e. The second-order valence-corrected chi connectivity index (χ2v) is 4.00. The van der Waals surface area contributed by atoms with E-state index in [2.05, 4.69) is 4.98 Å². The summed E-state index contributed by atoms with van der Waals surface area (Å²) < 4.78 is 7.32. The molecule has 2 rings (SSSR count). The predicted molar refractivity (Wildman–Crippen MR) is 60.7 cm³/mol. The molecule has 1 N–H and O–H groups in total. The molecule has 17 heavy (non-hydrogen) atoms. The van der Waals surface area contributed by atoms with E-state index in [1.807, 2.05) is 24.6 Å². The molecule has 0 amide bonds. The third kappa shape index (κ3) is 2.38. The molecule has 0 aliphatic rings. The number of nitrogens with zero attached hydrogens (tertiary/aromatic N) is 2. The third-order valence-electron chi connectivity index (χ3n) is 2.65. The molecule has 5 nitrogen and oxygen atoms in total. The van der Waals surface area contributed by atoms with Crippen molar-refractivity contribution in [2.24, 2.45) is 7.05 Å². The molecule has 0 aliphatic heterocycles. The fourth-order valence-electron chi connectivity index (χ4n) is 1.85. The van der Waals surface area contributed by atoms with Gasteiger partial charge >= 0.3 is 5.97 Å². The average molecular weight is 234 g/mol. The normalized spacial score (nSPS) is 12.6. The first-order chi connectivity index (χ1) is 8.08. The van der Waals surface area contributed by atoms with Gasteiger partial charge in [0, 0.05) is 19.4 Å². The molecular formula is C12H14N2O3. The summed E-state index contributed by atoms with van der Waals surface area (Å²) in [6, 6.07) is 3.63. The van der Waals surface area contributed by atoms with Gasteiger partial charge in [0.25, 0.3) is 0 Å². The van der Waals surface area contributed by atoms with Crippen LogP contribution in [0, 0.1) is 6.92 Å². The predicted octanol–water partition coefficient (Wildman–Crippen LogP) is 1.93. The van der Waals surface area contributed by atoms with Crippen molar-refractivity contribution in [1.29, 1.82) is 0 Å². The van der Waals surface area contributed by atoms with Crippen molar-refractivity contribution < 1.29 is 14.3 Å². The number of carbonyl (C=O) groups is 1. The number of carboxylic acid groups (broad SMARTS) is 1. The molecule has 0 radical (unpaired) electrons. The lowest BCUT2D eigenvalue weighted by Gasteiger charge is -2.12. The first-order valence-corrected chi connectivity index (χ1v) is 5.33. The number of hydrogen-bond donors (Lipinski definition) is 1. The number of furan rings is 1. The van der Waals surface area contributed by atoms with Gasteiger partial charge in [-0.15, -0.1) is 0 Å². The molecule has 0 bridgehead atoms. The molecule has 0 saturated carbocycles. The number of hydrogen-bond acceptors (Lipinski definition) is 3. The molecule has 1 unspecified atom stereocenters. The summed E-state index contributed by atoms with van der Waals surface area (Å²) in [6.07, 6.45) is 3.41. The number of aryl methyl sites for hydroxylation is 2. The van der Waals surface area contributed by atoms with Gasteiger partial charge in [0.1, 0.15) is 17.3 Å². The number of carboxylic acids is 1. The minimum atomic E-state index is -0.868. The molecular weight excluding hydrogens is 220 g/mol. The highest BCUT2D eigenvalue weighted by molar-refractivity contribution is 5.68. The number of rotatable bonds is 4. The lowest BCUT2D eigenvalue weighted by molar-refractivity contribution is -0.137. The quantitative estimate of drug-likeness (QED) is 0.877. The summed E-state index contributed by atoms with van der Waals surface area (Å²) in [5.74, 6) is 0.888. The summed E-state index contributed by atoms with van der Waals surface area (Å²) in [7, 11) is 1.84. The average Bonchev–Trinajstić information content (AvgIpc) is 2.84. The monoisotopic (exact) mass is 234 g/mol. The fourth-order valence-corrected chi connectivity index (χ4v) is 1.85. The Balaban J connectivity index is 2.38. The van der Waals surface area contributed by atoms with Crippen LogP contribution in [0.4, 0.5) is 0 Å². The van der Waals surface area contributed by atoms with Crippen LogP contribution < -0.4 is 0 Å². The molecule has 90 valence electrons. The molecule has 0 aromatic carbocycles. The van der Waals surface area contributed by atoms with Crippen LogP contribution in [-0.2, 0) is 11.8 Å². The Labute approximate surface area is 98.7 Å². The van der Waals surface area contributed by atoms with Crippen LogP contribution in [0.15, 0.2) is 28.9 Å². The van der Waals surface area contributed by atoms with Gasteiger partial charge in [-0.3, -0.25) is 4.79 Å². The van der Waals surface area contributed by atoms with Crippen LogP contribution in [0.3, 0.4) is 0 Å². The maximum atomic E-state index is 10.9. The summed E-state index contributed by atoms with van der Waals surface area (Å²) in [5.41, 5.74) is 0. The Bertz CT molecular complexity index is 527. The standard InChI is InChI=1S/C12H14N2O3/c1-8-3-4-10(17-8)9(7-11(15)16)12-13-5-6-14(12)2/h3-6,9H,7H2,1-2H3,(H,15,16). The minimum Gasteiger partial charge on any atom is -0.481 e. The molecule has 1 atom stereocenters. The first-order valence-electron chi connectivity index (χ1n) is 5.33. The van der Waals surface area contributed by atoms with Crippen molar-refractivity contribution >= 4 is 5.97 Å². The van der Waals surface area contributed by atoms with E-state index in [1.54, 1.807) is 18.5 Å². The summed E-state index contributed by atoms with van der Waals surface area (Å²) in [6.45, 7) is 1.83. The molecule has 0 saturated heterocycles. The van der Waals surface area contributed by atoms with Crippen molar-refractivity contribution in [1.82, 2.24) is 9.55 Å². The molecule has 2 aromatic heterocycles. The maximum Gasteiger partial charge on any atom is 0.304 e. The lowest BCUT2D eigenvalue weighted by Crippen LogP contribution is -2.11. The van der Waals surface area contributed by atoms with Gasteiger partial charge in [0.05, 0.1) is 12.3 Å². The van der Waals surface area contributed by atoms with Gasteiger partial charge < -0.3 is 14.1 Å². The highest BCUT2D eigenvalue weighted by Crippen LogP contribution is 2.27. The van der Waals surface area contributed by atoms with Crippen LogP contribution in [0.2, 0.25) is 0 Å². The highest BCUT2D eigenvalue weighted by atomic mass is 16.4. The summed E-state index contributed by atoms with van der Waals surface area (Å²) in [5, 5.41) is 8.96. The van der Waals surface area contributed by atoms with Gasteiger partial charge in [0.2, 0.25) is 0 Å². The largest absolute Gasteiger partial charge is 0.481 e. The van der Waals surface area contributed by atoms with Crippen molar-refractivity contribution in [3.8, 4) is 0 Å². The van der Waals surface area contributed by atoms with E-state index in [4.69, 9.17) is 9.52 Å². The second-order valence-electron chi connectivity index (χ2n) is 4.00. The first kappa shape index (κ1) is 11.4. The summed E-state index contributed by atoms with van der Waals surface area (Å²) in [4.78, 5) is 15.1. The van der Waals surface area contributed by atoms with E-state index < -0.39 is 5.97 Å². The zero-order valence-corrected chi connectivity index (χ0v) is 9.75. The van der Waals surface area contributed by atoms with E-state index in [0.717, 1.165) is 5.76 Å². The molecule has 0 fully saturated rings. The second kappa shape index (κ2) is 4.45. The Morgan fingerprint density at radius 2 is 2.35 bits per heavy atom. The Hall–Kier alpha value is -2.04. The number of aliphatic carboxylic acids is 1. The van der Waals surface area contributed by atoms with Crippen LogP contribution in [0.25, 0.3) is 0 Å². The van der Waals surface area contributed by atoms with Crippen LogP contribution in [-0.4, -0.2) is 20.6 Å². The molecule has 0 aliphatic carbocycles. The van der Waals surface area contributed by atoms with E-state index in [1.165, 1.54) is 0 Å². The van der Waals surface area contributed by atoms with E-state index >= 15 is 0 Å². The van der Waals surface area contributed by atoms with E-state index in [-0.39, 0.29) is 12.3 Å². The van der Waals surface area contributed by atoms with Crippen molar-refractivity contribution in [3.63, 3.8) is 0 Å². The van der Waals surface area contributed by atoms with Crippen LogP contribution >= 0.6 is 0 Å². The number of aromatic nitrogens is 2. The van der Waals surface area contributed by atoms with Crippen LogP contribution in [0.5, 0.6) is 0 Å². The summed E-state index contributed by atoms with van der Waals surface area (Å²) >= 11 is 0. The zero-order chi connectivity index (χ0) is 12.4. The van der Waals surface area contributed by atoms with Crippen LogP contribution in [0.1, 0.15) is 29.7 Å². The molecule has 2 aromatic rings. The molecule has 0 spiro atoms. The zero-order valence-electron chi connectivity index (χ0n) is 9.75. The maximum absolute atomic E-state index is 10.9. The Kier molecular flexibility index (Phi) is 2.99. The minimum absolute atomic E-state index is 0.0300. The van der Waals surface area contributed by atoms with Gasteiger partial charge in [-0.1, -0.05) is 0 Å². The lowest BCUT2D eigenvalue weighted by atomic mass is 10.0. The van der Waals surface area contributed by atoms with E-state index in [9.17, 15) is 4.79 Å². The van der Waals surface area contributed by atoms with Crippen molar-refractivity contribution in [3.05, 3.63) is 41.9 Å². The topological polar surface area (TPSA) is 68.3 Å². The van der Waals surface area contributed by atoms with Crippen molar-refractivity contribution in [2.75, 3.05) is 0 Å². The SMILES string of the molecule is Cc1ccc(C(CC(=O)O)c2nccn2C)o1. The van der Waals surface area contributed by atoms with Gasteiger partial charge in [-0.05, 0) is 19.1 Å². The molecule has 2 heterocycles. The van der Waals surface area contributed by atoms with Crippen molar-refractivity contribution in [2.45, 2.75) is 19.3 Å². The van der Waals surface area contributed by atoms with E-state index in [0.29, 0.717) is 11.6 Å². The molecule has 5 heteroatoms. The fraction of sp³-hybridized carbons (Fsp3) is 0.333.